The molecule has 6 nitrogen and oxygen atoms in total. The average Bonchev–Trinajstić information content (AvgIpc) is 3.04. The normalized spacial score (nSPS) is 16.5. The van der Waals surface area contributed by atoms with Gasteiger partial charge in [0.1, 0.15) is 18.0 Å². The van der Waals surface area contributed by atoms with Crippen LogP contribution in [0.2, 0.25) is 0 Å². The van der Waals surface area contributed by atoms with Gasteiger partial charge in [0.25, 0.3) is 0 Å². The van der Waals surface area contributed by atoms with Gasteiger partial charge in [-0.15, -0.1) is 0 Å². The van der Waals surface area contributed by atoms with Crippen LogP contribution in [-0.4, -0.2) is 39.1 Å². The highest BCUT2D eigenvalue weighted by Gasteiger charge is 2.20. The van der Waals surface area contributed by atoms with Gasteiger partial charge >= 0.3 is 6.03 Å². The fourth-order valence-electron chi connectivity index (χ4n) is 2.63. The monoisotopic (exact) mass is 349 g/mol. The Balaban J connectivity index is 1.31. The lowest BCUT2D eigenvalue weighted by Crippen LogP contribution is -2.46. The van der Waals surface area contributed by atoms with Gasteiger partial charge in [-0.25, -0.2) is 18.9 Å². The smallest absolute Gasteiger partial charge is 0.315 e. The predicted molar refractivity (Wildman–Crippen MR) is 91.2 cm³/mol. The highest BCUT2D eigenvalue weighted by molar-refractivity contribution is 7.98. The summed E-state index contributed by atoms with van der Waals surface area (Å²) < 4.78 is 15.3. The second-order valence-corrected chi connectivity index (χ2v) is 6.74. The molecular formula is C16H20FN5OS. The molecule has 2 heterocycles. The maximum atomic E-state index is 13.5. The lowest BCUT2D eigenvalue weighted by molar-refractivity contribution is 0.232. The molecule has 2 aromatic rings. The molecule has 1 atom stereocenters. The molecule has 1 aliphatic heterocycles. The maximum absolute atomic E-state index is 13.5. The van der Waals surface area contributed by atoms with Gasteiger partial charge in [0.2, 0.25) is 0 Å². The van der Waals surface area contributed by atoms with Crippen molar-refractivity contribution in [1.29, 1.82) is 0 Å². The number of fused-ring (bicyclic) bond motifs is 1. The number of benzene rings is 1. The van der Waals surface area contributed by atoms with Gasteiger partial charge in [-0.05, 0) is 18.1 Å². The third-order valence-electron chi connectivity index (χ3n) is 3.89. The van der Waals surface area contributed by atoms with Crippen LogP contribution < -0.4 is 10.6 Å². The van der Waals surface area contributed by atoms with Crippen molar-refractivity contribution < 1.29 is 9.18 Å². The number of hydrogen-bond donors (Lipinski definition) is 2. The van der Waals surface area contributed by atoms with Gasteiger partial charge in [0.15, 0.2) is 0 Å². The van der Waals surface area contributed by atoms with E-state index in [1.54, 1.807) is 30.2 Å². The minimum atomic E-state index is -0.180. The van der Waals surface area contributed by atoms with Crippen molar-refractivity contribution in [3.05, 3.63) is 47.8 Å². The van der Waals surface area contributed by atoms with Gasteiger partial charge in [-0.1, -0.05) is 18.2 Å². The van der Waals surface area contributed by atoms with Crippen LogP contribution in [0.1, 0.15) is 17.8 Å². The average molecular weight is 349 g/mol. The molecule has 0 saturated heterocycles. The number of rotatable bonds is 6. The number of thioether (sulfide) groups is 1. The van der Waals surface area contributed by atoms with Crippen molar-refractivity contribution in [3.8, 4) is 0 Å². The summed E-state index contributed by atoms with van der Waals surface area (Å²) in [5, 5.41) is 9.93. The van der Waals surface area contributed by atoms with Gasteiger partial charge < -0.3 is 10.6 Å². The summed E-state index contributed by atoms with van der Waals surface area (Å²) in [6, 6.07) is 6.66. The molecule has 0 unspecified atom stereocenters. The minimum absolute atomic E-state index is 0.0743. The van der Waals surface area contributed by atoms with Crippen LogP contribution in [0.25, 0.3) is 0 Å². The van der Waals surface area contributed by atoms with Gasteiger partial charge in [0, 0.05) is 24.5 Å². The molecule has 24 heavy (non-hydrogen) atoms. The summed E-state index contributed by atoms with van der Waals surface area (Å²) in [7, 11) is 0. The molecule has 1 aliphatic rings. The van der Waals surface area contributed by atoms with E-state index in [1.807, 2.05) is 10.7 Å². The molecule has 0 saturated carbocycles. The number of nitrogens with one attached hydrogen (secondary N) is 2. The van der Waals surface area contributed by atoms with Crippen LogP contribution in [0.4, 0.5) is 9.18 Å². The summed E-state index contributed by atoms with van der Waals surface area (Å²) in [6.07, 6.45) is 3.24. The molecule has 0 bridgehead atoms. The van der Waals surface area contributed by atoms with Gasteiger partial charge in [0.05, 0.1) is 12.6 Å². The summed E-state index contributed by atoms with van der Waals surface area (Å²) in [6.45, 7) is 1.21. The summed E-state index contributed by atoms with van der Waals surface area (Å²) >= 11 is 1.60. The molecule has 0 radical (unpaired) electrons. The molecule has 1 aromatic carbocycles. The molecule has 8 heteroatoms. The van der Waals surface area contributed by atoms with Crippen molar-refractivity contribution in [2.24, 2.45) is 0 Å². The quantitative estimate of drug-likeness (QED) is 0.782. The van der Waals surface area contributed by atoms with E-state index in [0.29, 0.717) is 24.4 Å². The second kappa shape index (κ2) is 8.14. The Kier molecular flexibility index (Phi) is 5.68. The lowest BCUT2D eigenvalue weighted by Gasteiger charge is -2.23. The SMILES string of the molecule is O=C(NCCSCc1ccccc1F)N[C@H]1CCc2ncnn2C1. The Bertz CT molecular complexity index is 693. The summed E-state index contributed by atoms with van der Waals surface area (Å²) in [4.78, 5) is 16.1. The Morgan fingerprint density at radius 1 is 1.42 bits per heavy atom. The number of nitrogens with zero attached hydrogens (tertiary/aromatic N) is 3. The highest BCUT2D eigenvalue weighted by Crippen LogP contribution is 2.14. The van der Waals surface area contributed by atoms with Crippen LogP contribution in [0.3, 0.4) is 0 Å². The van der Waals surface area contributed by atoms with E-state index in [9.17, 15) is 9.18 Å². The molecular weight excluding hydrogens is 329 g/mol. The molecule has 2 amide bonds. The first kappa shape index (κ1) is 16.8. The summed E-state index contributed by atoms with van der Waals surface area (Å²) in [5.74, 6) is 2.13. The maximum Gasteiger partial charge on any atom is 0.315 e. The van der Waals surface area contributed by atoms with Crippen molar-refractivity contribution in [1.82, 2.24) is 25.4 Å². The molecule has 3 rings (SSSR count). The number of carbonyl (C=O) groups excluding carboxylic acids is 1. The molecule has 128 valence electrons. The van der Waals surface area contributed by atoms with Crippen LogP contribution >= 0.6 is 11.8 Å². The van der Waals surface area contributed by atoms with E-state index in [-0.39, 0.29) is 17.9 Å². The number of aryl methyl sites for hydroxylation is 1. The van der Waals surface area contributed by atoms with E-state index >= 15 is 0 Å². The van der Waals surface area contributed by atoms with Gasteiger partial charge in [-0.3, -0.25) is 0 Å². The van der Waals surface area contributed by atoms with E-state index < -0.39 is 0 Å². The van der Waals surface area contributed by atoms with Crippen molar-refractivity contribution >= 4 is 17.8 Å². The second-order valence-electron chi connectivity index (χ2n) is 5.64. The Labute approximate surface area is 144 Å². The van der Waals surface area contributed by atoms with E-state index in [2.05, 4.69) is 20.7 Å². The Morgan fingerprint density at radius 3 is 3.17 bits per heavy atom. The number of halogens is 1. The van der Waals surface area contributed by atoms with Crippen LogP contribution in [0, 0.1) is 5.82 Å². The van der Waals surface area contributed by atoms with Crippen molar-refractivity contribution in [2.45, 2.75) is 31.2 Å². The number of aromatic nitrogens is 3. The zero-order valence-corrected chi connectivity index (χ0v) is 14.1. The van der Waals surface area contributed by atoms with Crippen LogP contribution in [0.15, 0.2) is 30.6 Å². The molecule has 0 aliphatic carbocycles. The van der Waals surface area contributed by atoms with E-state index in [4.69, 9.17) is 0 Å². The Hall–Kier alpha value is -2.09. The van der Waals surface area contributed by atoms with E-state index in [1.165, 1.54) is 6.07 Å². The fraction of sp³-hybridized carbons (Fsp3) is 0.438. The number of urea groups is 1. The molecule has 2 N–H and O–H groups in total. The predicted octanol–water partition coefficient (Wildman–Crippen LogP) is 1.96. The van der Waals surface area contributed by atoms with E-state index in [0.717, 1.165) is 24.4 Å². The van der Waals surface area contributed by atoms with Crippen LogP contribution in [-0.2, 0) is 18.7 Å². The minimum Gasteiger partial charge on any atom is -0.337 e. The lowest BCUT2D eigenvalue weighted by atomic mass is 10.1. The highest BCUT2D eigenvalue weighted by atomic mass is 32.2. The first-order valence-electron chi connectivity index (χ1n) is 7.94. The zero-order valence-electron chi connectivity index (χ0n) is 13.2. The Morgan fingerprint density at radius 2 is 2.29 bits per heavy atom. The molecule has 1 aromatic heterocycles. The summed E-state index contributed by atoms with van der Waals surface area (Å²) in [5.41, 5.74) is 0.692. The first-order valence-corrected chi connectivity index (χ1v) is 9.10. The van der Waals surface area contributed by atoms with Crippen molar-refractivity contribution in [2.75, 3.05) is 12.3 Å². The van der Waals surface area contributed by atoms with Crippen molar-refractivity contribution in [3.63, 3.8) is 0 Å². The third-order valence-corrected chi connectivity index (χ3v) is 4.90. The largest absolute Gasteiger partial charge is 0.337 e. The standard InChI is InChI=1S/C16H20FN5OS/c17-14-4-2-1-3-12(14)10-24-8-7-18-16(23)21-13-5-6-15-19-11-20-22(15)9-13/h1-4,11,13H,5-10H2,(H2,18,21,23)/t13-/m0/s1. The molecule has 0 fully saturated rings. The number of amides is 2. The first-order chi connectivity index (χ1) is 11.7. The zero-order chi connectivity index (χ0) is 16.8. The van der Waals surface area contributed by atoms with Crippen LogP contribution in [0.5, 0.6) is 0 Å². The topological polar surface area (TPSA) is 71.8 Å². The number of hydrogen-bond acceptors (Lipinski definition) is 4. The van der Waals surface area contributed by atoms with Gasteiger partial charge in [-0.2, -0.15) is 16.9 Å². The number of carbonyl (C=O) groups is 1. The third kappa shape index (κ3) is 4.47. The fourth-order valence-corrected chi connectivity index (χ4v) is 3.47. The molecule has 0 spiro atoms.